The molecule has 10 heteroatoms. The molecule has 3 rings (SSSR count). The Morgan fingerprint density at radius 1 is 1.29 bits per heavy atom. The standard InChI is InChI=1S/C21H29N5O5/c27-19(28)13-17(25-21(29)30-14-15-6-2-1-3-7-15)18-12-16(31-26-18)8-4-5-9-22-20-23-10-11-24-20/h1-3,6-7,12,16-17,26H,4-5,8-11,13-14H2,(H,25,29)(H,27,28)(H2,22,23,24). The summed E-state index contributed by atoms with van der Waals surface area (Å²) >= 11 is 0. The van der Waals surface area contributed by atoms with Gasteiger partial charge in [0.15, 0.2) is 5.96 Å². The monoisotopic (exact) mass is 431 g/mol. The highest BCUT2D eigenvalue weighted by atomic mass is 16.7. The van der Waals surface area contributed by atoms with Crippen LogP contribution >= 0.6 is 0 Å². The van der Waals surface area contributed by atoms with Gasteiger partial charge < -0.3 is 25.8 Å². The zero-order chi connectivity index (χ0) is 21.9. The molecule has 2 atom stereocenters. The van der Waals surface area contributed by atoms with E-state index in [2.05, 4.69) is 26.4 Å². The second-order valence-electron chi connectivity index (χ2n) is 7.32. The van der Waals surface area contributed by atoms with Crippen LogP contribution in [0.4, 0.5) is 4.79 Å². The third kappa shape index (κ3) is 7.82. The minimum Gasteiger partial charge on any atom is -0.481 e. The Bertz CT molecular complexity index is 799. The first-order chi connectivity index (χ1) is 15.1. The van der Waals surface area contributed by atoms with Gasteiger partial charge in [0.2, 0.25) is 0 Å². The van der Waals surface area contributed by atoms with Gasteiger partial charge in [0, 0.05) is 13.1 Å². The van der Waals surface area contributed by atoms with Crippen LogP contribution in [0.15, 0.2) is 47.1 Å². The van der Waals surface area contributed by atoms with Crippen molar-refractivity contribution >= 4 is 18.0 Å². The van der Waals surface area contributed by atoms with E-state index in [0.29, 0.717) is 5.70 Å². The molecule has 1 amide bonds. The number of hydrogen-bond acceptors (Lipinski definition) is 8. The number of carboxylic acid groups (broad SMARTS) is 1. The fraction of sp³-hybridized carbons (Fsp3) is 0.476. The molecule has 0 fully saturated rings. The zero-order valence-corrected chi connectivity index (χ0v) is 17.3. The number of nitrogens with one attached hydrogen (secondary N) is 4. The molecule has 0 aromatic heterocycles. The first-order valence-corrected chi connectivity index (χ1v) is 10.4. The molecule has 0 radical (unpaired) electrons. The van der Waals surface area contributed by atoms with E-state index < -0.39 is 18.1 Å². The highest BCUT2D eigenvalue weighted by Gasteiger charge is 2.27. The van der Waals surface area contributed by atoms with E-state index in [-0.39, 0.29) is 19.1 Å². The number of rotatable bonds is 11. The maximum Gasteiger partial charge on any atom is 0.408 e. The van der Waals surface area contributed by atoms with Gasteiger partial charge in [0.25, 0.3) is 0 Å². The molecular weight excluding hydrogens is 402 g/mol. The minimum atomic E-state index is -1.03. The molecule has 1 aromatic rings. The molecule has 0 saturated carbocycles. The van der Waals surface area contributed by atoms with Gasteiger partial charge in [-0.3, -0.25) is 20.1 Å². The Morgan fingerprint density at radius 3 is 2.87 bits per heavy atom. The summed E-state index contributed by atoms with van der Waals surface area (Å²) in [6, 6.07) is 8.50. The van der Waals surface area contributed by atoms with Crippen molar-refractivity contribution < 1.29 is 24.3 Å². The fourth-order valence-corrected chi connectivity index (χ4v) is 3.26. The van der Waals surface area contributed by atoms with Gasteiger partial charge in [0.05, 0.1) is 24.7 Å². The van der Waals surface area contributed by atoms with Gasteiger partial charge in [-0.15, -0.1) is 0 Å². The van der Waals surface area contributed by atoms with Gasteiger partial charge in [-0.05, 0) is 30.9 Å². The molecule has 5 N–H and O–H groups in total. The van der Waals surface area contributed by atoms with Crippen LogP contribution in [0.25, 0.3) is 0 Å². The van der Waals surface area contributed by atoms with Crippen LogP contribution in [0.5, 0.6) is 0 Å². The number of nitrogens with zero attached hydrogens (tertiary/aromatic N) is 1. The van der Waals surface area contributed by atoms with Crippen molar-refractivity contribution in [3.05, 3.63) is 47.7 Å². The minimum absolute atomic E-state index is 0.105. The first-order valence-electron chi connectivity index (χ1n) is 10.4. The lowest BCUT2D eigenvalue weighted by atomic mass is 10.1. The number of alkyl carbamates (subject to hydrolysis) is 1. The summed E-state index contributed by atoms with van der Waals surface area (Å²) in [5.41, 5.74) is 4.13. The van der Waals surface area contributed by atoms with E-state index in [4.69, 9.17) is 9.57 Å². The molecule has 2 aliphatic heterocycles. The van der Waals surface area contributed by atoms with Crippen LogP contribution in [0, 0.1) is 0 Å². The summed E-state index contributed by atoms with van der Waals surface area (Å²) in [4.78, 5) is 33.2. The van der Waals surface area contributed by atoms with Gasteiger partial charge in [-0.2, -0.15) is 0 Å². The number of aliphatic imine (C=N–C) groups is 1. The largest absolute Gasteiger partial charge is 0.481 e. The number of carbonyl (C=O) groups excluding carboxylic acids is 1. The first kappa shape index (κ1) is 22.4. The van der Waals surface area contributed by atoms with Crippen molar-refractivity contribution in [2.24, 2.45) is 4.99 Å². The lowest BCUT2D eigenvalue weighted by molar-refractivity contribution is -0.137. The number of carbonyl (C=O) groups is 2. The van der Waals surface area contributed by atoms with E-state index in [0.717, 1.165) is 50.4 Å². The summed E-state index contributed by atoms with van der Waals surface area (Å²) in [5.74, 6) is -0.184. The Labute approximate surface area is 181 Å². The number of carboxylic acids is 1. The van der Waals surface area contributed by atoms with Crippen molar-refractivity contribution in [1.29, 1.82) is 0 Å². The summed E-state index contributed by atoms with van der Waals surface area (Å²) in [6.07, 6.45) is 3.32. The molecule has 10 nitrogen and oxygen atoms in total. The quantitative estimate of drug-likeness (QED) is 0.331. The molecule has 168 valence electrons. The fourth-order valence-electron chi connectivity index (χ4n) is 3.26. The Morgan fingerprint density at radius 2 is 2.13 bits per heavy atom. The molecule has 0 spiro atoms. The number of amides is 1. The maximum absolute atomic E-state index is 12.2. The summed E-state index contributed by atoms with van der Waals surface area (Å²) < 4.78 is 5.20. The second kappa shape index (κ2) is 11.8. The average molecular weight is 431 g/mol. The van der Waals surface area contributed by atoms with Crippen LogP contribution < -0.4 is 21.4 Å². The van der Waals surface area contributed by atoms with Gasteiger partial charge in [-0.1, -0.05) is 30.3 Å². The van der Waals surface area contributed by atoms with Crippen LogP contribution in [-0.4, -0.2) is 54.9 Å². The number of ether oxygens (including phenoxy) is 1. The summed E-state index contributed by atoms with van der Waals surface area (Å²) in [7, 11) is 0. The van der Waals surface area contributed by atoms with Gasteiger partial charge in [-0.25, -0.2) is 4.79 Å². The van der Waals surface area contributed by atoms with Gasteiger partial charge in [0.1, 0.15) is 12.7 Å². The summed E-state index contributed by atoms with van der Waals surface area (Å²) in [5, 5.41) is 18.2. The van der Waals surface area contributed by atoms with E-state index in [9.17, 15) is 14.7 Å². The summed E-state index contributed by atoms with van der Waals surface area (Å²) in [6.45, 7) is 2.61. The normalized spacial score (nSPS) is 18.3. The third-order valence-corrected chi connectivity index (χ3v) is 4.83. The van der Waals surface area contributed by atoms with E-state index in [1.165, 1.54) is 0 Å². The average Bonchev–Trinajstić information content (AvgIpc) is 3.44. The molecule has 2 heterocycles. The molecule has 1 aromatic carbocycles. The van der Waals surface area contributed by atoms with E-state index in [1.807, 2.05) is 36.4 Å². The van der Waals surface area contributed by atoms with Crippen molar-refractivity contribution in [1.82, 2.24) is 21.4 Å². The highest BCUT2D eigenvalue weighted by molar-refractivity contribution is 5.81. The number of aliphatic carboxylic acids is 1. The van der Waals surface area contributed by atoms with Crippen LogP contribution in [-0.2, 0) is 21.0 Å². The van der Waals surface area contributed by atoms with Crippen molar-refractivity contribution in [2.75, 3.05) is 19.6 Å². The molecule has 0 saturated heterocycles. The number of benzene rings is 1. The number of hydroxylamine groups is 1. The van der Waals surface area contributed by atoms with Crippen LogP contribution in [0.2, 0.25) is 0 Å². The Kier molecular flexibility index (Phi) is 8.53. The SMILES string of the molecule is O=C(O)CC(NC(=O)OCc1ccccc1)C1=CC(CCCCNC2=NCCN2)ON1. The molecule has 31 heavy (non-hydrogen) atoms. The molecule has 2 aliphatic rings. The molecule has 0 aliphatic carbocycles. The smallest absolute Gasteiger partial charge is 0.408 e. The van der Waals surface area contributed by atoms with E-state index in [1.54, 1.807) is 0 Å². The van der Waals surface area contributed by atoms with Crippen molar-refractivity contribution in [3.63, 3.8) is 0 Å². The number of hydrogen-bond donors (Lipinski definition) is 5. The van der Waals surface area contributed by atoms with Crippen molar-refractivity contribution in [3.8, 4) is 0 Å². The van der Waals surface area contributed by atoms with Crippen molar-refractivity contribution in [2.45, 2.75) is 44.4 Å². The topological polar surface area (TPSA) is 133 Å². The van der Waals surface area contributed by atoms with E-state index >= 15 is 0 Å². The molecular formula is C21H29N5O5. The zero-order valence-electron chi connectivity index (χ0n) is 17.3. The molecule has 0 bridgehead atoms. The third-order valence-electron chi connectivity index (χ3n) is 4.83. The Hall–Kier alpha value is -3.27. The predicted octanol–water partition coefficient (Wildman–Crippen LogP) is 1.26. The lowest BCUT2D eigenvalue weighted by Gasteiger charge is -2.18. The number of guanidine groups is 1. The number of unbranched alkanes of at least 4 members (excludes halogenated alkanes) is 1. The molecule has 2 unspecified atom stereocenters. The predicted molar refractivity (Wildman–Crippen MR) is 114 cm³/mol. The second-order valence-corrected chi connectivity index (χ2v) is 7.32. The highest BCUT2D eigenvalue weighted by Crippen LogP contribution is 2.17. The van der Waals surface area contributed by atoms with Crippen LogP contribution in [0.1, 0.15) is 31.2 Å². The van der Waals surface area contributed by atoms with Gasteiger partial charge >= 0.3 is 12.1 Å². The Balaban J connectivity index is 1.42. The van der Waals surface area contributed by atoms with Crippen LogP contribution in [0.3, 0.4) is 0 Å². The lowest BCUT2D eigenvalue weighted by Crippen LogP contribution is -2.40. The maximum atomic E-state index is 12.2.